The zero-order valence-electron chi connectivity index (χ0n) is 12.9. The summed E-state index contributed by atoms with van der Waals surface area (Å²) < 4.78 is 7.89. The quantitative estimate of drug-likeness (QED) is 0.790. The summed E-state index contributed by atoms with van der Waals surface area (Å²) in [5.41, 5.74) is 2.17. The molecule has 4 nitrogen and oxygen atoms in total. The molecule has 0 fully saturated rings. The van der Waals surface area contributed by atoms with E-state index in [0.29, 0.717) is 0 Å². The maximum atomic E-state index is 5.72. The van der Waals surface area contributed by atoms with Crippen molar-refractivity contribution in [1.82, 2.24) is 14.9 Å². The number of hydrogen-bond donors (Lipinski definition) is 1. The van der Waals surface area contributed by atoms with E-state index in [4.69, 9.17) is 9.72 Å². The van der Waals surface area contributed by atoms with Crippen LogP contribution < -0.4 is 10.1 Å². The highest BCUT2D eigenvalue weighted by molar-refractivity contribution is 5.77. The zero-order chi connectivity index (χ0) is 14.5. The number of ether oxygens (including phenoxy) is 1. The molecule has 0 saturated carbocycles. The highest BCUT2D eigenvalue weighted by Crippen LogP contribution is 2.22. The standard InChI is InChI=1S/C16H25N3O/c1-5-9-17-10-8-16-18-14-11-13(20-12(2)3)6-7-15(14)19(16)4/h6-7,11-12,17H,5,8-10H2,1-4H3. The van der Waals surface area contributed by atoms with E-state index in [-0.39, 0.29) is 6.10 Å². The Labute approximate surface area is 121 Å². The Balaban J connectivity index is 2.14. The van der Waals surface area contributed by atoms with Crippen molar-refractivity contribution in [2.24, 2.45) is 7.05 Å². The van der Waals surface area contributed by atoms with Gasteiger partial charge < -0.3 is 14.6 Å². The molecule has 0 aliphatic carbocycles. The Bertz CT molecular complexity index is 560. The van der Waals surface area contributed by atoms with Crippen LogP contribution in [0, 0.1) is 0 Å². The van der Waals surface area contributed by atoms with E-state index >= 15 is 0 Å². The first-order valence-corrected chi connectivity index (χ1v) is 7.44. The van der Waals surface area contributed by atoms with Crippen LogP contribution in [0.1, 0.15) is 33.0 Å². The molecule has 2 aromatic rings. The van der Waals surface area contributed by atoms with Crippen molar-refractivity contribution < 1.29 is 4.74 Å². The van der Waals surface area contributed by atoms with E-state index in [1.54, 1.807) is 0 Å². The molecule has 1 aromatic carbocycles. The molecule has 4 heteroatoms. The van der Waals surface area contributed by atoms with Crippen LogP contribution in [0.3, 0.4) is 0 Å². The van der Waals surface area contributed by atoms with Crippen LogP contribution in [-0.4, -0.2) is 28.7 Å². The largest absolute Gasteiger partial charge is 0.491 e. The number of imidazole rings is 1. The maximum Gasteiger partial charge on any atom is 0.121 e. The SMILES string of the molecule is CCCNCCc1nc2cc(OC(C)C)ccc2n1C. The van der Waals surface area contributed by atoms with Gasteiger partial charge >= 0.3 is 0 Å². The normalized spacial score (nSPS) is 11.4. The minimum atomic E-state index is 0.189. The molecule has 0 unspecified atom stereocenters. The Hall–Kier alpha value is -1.55. The summed E-state index contributed by atoms with van der Waals surface area (Å²) in [6, 6.07) is 6.13. The monoisotopic (exact) mass is 275 g/mol. The van der Waals surface area contributed by atoms with Gasteiger partial charge in [-0.3, -0.25) is 0 Å². The molecule has 0 atom stereocenters. The molecule has 0 radical (unpaired) electrons. The lowest BCUT2D eigenvalue weighted by Crippen LogP contribution is -2.19. The van der Waals surface area contributed by atoms with Crippen molar-refractivity contribution in [3.8, 4) is 5.75 Å². The van der Waals surface area contributed by atoms with E-state index in [0.717, 1.165) is 42.1 Å². The van der Waals surface area contributed by atoms with E-state index in [2.05, 4.69) is 29.9 Å². The molecule has 2 rings (SSSR count). The molecule has 0 bridgehead atoms. The summed E-state index contributed by atoms with van der Waals surface area (Å²) in [6.07, 6.45) is 2.30. The lowest BCUT2D eigenvalue weighted by Gasteiger charge is -2.09. The number of aryl methyl sites for hydroxylation is 1. The Morgan fingerprint density at radius 2 is 2.10 bits per heavy atom. The van der Waals surface area contributed by atoms with Crippen molar-refractivity contribution in [3.05, 3.63) is 24.0 Å². The van der Waals surface area contributed by atoms with Gasteiger partial charge in [-0.15, -0.1) is 0 Å². The number of benzene rings is 1. The number of fused-ring (bicyclic) bond motifs is 1. The van der Waals surface area contributed by atoms with E-state index in [1.807, 2.05) is 26.0 Å². The number of nitrogens with one attached hydrogen (secondary N) is 1. The fourth-order valence-corrected chi connectivity index (χ4v) is 2.30. The molecule has 1 N–H and O–H groups in total. The van der Waals surface area contributed by atoms with Crippen LogP contribution in [0.15, 0.2) is 18.2 Å². The molecule has 1 aromatic heterocycles. The molecule has 0 saturated heterocycles. The van der Waals surface area contributed by atoms with Crippen LogP contribution in [0.5, 0.6) is 5.75 Å². The molecular formula is C16H25N3O. The topological polar surface area (TPSA) is 39.1 Å². The lowest BCUT2D eigenvalue weighted by molar-refractivity contribution is 0.242. The third-order valence-electron chi connectivity index (χ3n) is 3.27. The fraction of sp³-hybridized carbons (Fsp3) is 0.562. The Morgan fingerprint density at radius 3 is 2.80 bits per heavy atom. The smallest absolute Gasteiger partial charge is 0.121 e. The molecule has 0 spiro atoms. The first kappa shape index (κ1) is 14.9. The minimum Gasteiger partial charge on any atom is -0.491 e. The fourth-order valence-electron chi connectivity index (χ4n) is 2.30. The van der Waals surface area contributed by atoms with Crippen molar-refractivity contribution >= 4 is 11.0 Å². The molecular weight excluding hydrogens is 250 g/mol. The first-order valence-electron chi connectivity index (χ1n) is 7.44. The van der Waals surface area contributed by atoms with Crippen molar-refractivity contribution in [2.45, 2.75) is 39.7 Å². The summed E-state index contributed by atoms with van der Waals surface area (Å²) in [6.45, 7) is 8.29. The van der Waals surface area contributed by atoms with Gasteiger partial charge in [0.05, 0.1) is 17.1 Å². The molecule has 110 valence electrons. The molecule has 0 aliphatic heterocycles. The van der Waals surface area contributed by atoms with Crippen LogP contribution >= 0.6 is 0 Å². The number of nitrogens with zero attached hydrogens (tertiary/aromatic N) is 2. The molecule has 1 heterocycles. The predicted molar refractivity (Wildman–Crippen MR) is 83.3 cm³/mol. The van der Waals surface area contributed by atoms with E-state index in [1.165, 1.54) is 6.42 Å². The average molecular weight is 275 g/mol. The van der Waals surface area contributed by atoms with E-state index in [9.17, 15) is 0 Å². The summed E-state index contributed by atoms with van der Waals surface area (Å²) >= 11 is 0. The number of hydrogen-bond acceptors (Lipinski definition) is 3. The highest BCUT2D eigenvalue weighted by Gasteiger charge is 2.09. The van der Waals surface area contributed by atoms with Crippen LogP contribution in [0.2, 0.25) is 0 Å². The third-order valence-corrected chi connectivity index (χ3v) is 3.27. The molecule has 0 aliphatic rings. The van der Waals surface area contributed by atoms with Gasteiger partial charge in [-0.05, 0) is 38.9 Å². The minimum absolute atomic E-state index is 0.189. The summed E-state index contributed by atoms with van der Waals surface area (Å²) in [5.74, 6) is 2.01. The van der Waals surface area contributed by atoms with Crippen LogP contribution in [-0.2, 0) is 13.5 Å². The van der Waals surface area contributed by atoms with Crippen molar-refractivity contribution in [1.29, 1.82) is 0 Å². The van der Waals surface area contributed by atoms with Gasteiger partial charge in [0.1, 0.15) is 11.6 Å². The summed E-state index contributed by atoms with van der Waals surface area (Å²) in [5, 5.41) is 3.41. The second-order valence-electron chi connectivity index (χ2n) is 5.40. The number of aromatic nitrogens is 2. The second kappa shape index (κ2) is 6.75. The highest BCUT2D eigenvalue weighted by atomic mass is 16.5. The van der Waals surface area contributed by atoms with Gasteiger partial charge in [-0.2, -0.15) is 0 Å². The molecule has 20 heavy (non-hydrogen) atoms. The van der Waals surface area contributed by atoms with Crippen molar-refractivity contribution in [3.63, 3.8) is 0 Å². The van der Waals surface area contributed by atoms with Crippen LogP contribution in [0.4, 0.5) is 0 Å². The maximum absolute atomic E-state index is 5.72. The van der Waals surface area contributed by atoms with Gasteiger partial charge in [0.2, 0.25) is 0 Å². The molecule has 0 amide bonds. The van der Waals surface area contributed by atoms with Gasteiger partial charge in [-0.25, -0.2) is 4.98 Å². The van der Waals surface area contributed by atoms with Gasteiger partial charge in [0, 0.05) is 26.1 Å². The summed E-state index contributed by atoms with van der Waals surface area (Å²) in [7, 11) is 2.08. The summed E-state index contributed by atoms with van der Waals surface area (Å²) in [4.78, 5) is 4.72. The number of rotatable bonds is 7. The predicted octanol–water partition coefficient (Wildman–Crippen LogP) is 2.90. The van der Waals surface area contributed by atoms with Gasteiger partial charge in [0.15, 0.2) is 0 Å². The van der Waals surface area contributed by atoms with Crippen LogP contribution in [0.25, 0.3) is 11.0 Å². The first-order chi connectivity index (χ1) is 9.61. The van der Waals surface area contributed by atoms with Gasteiger partial charge in [-0.1, -0.05) is 6.92 Å². The average Bonchev–Trinajstić information content (AvgIpc) is 2.70. The van der Waals surface area contributed by atoms with Gasteiger partial charge in [0.25, 0.3) is 0 Å². The van der Waals surface area contributed by atoms with Crippen molar-refractivity contribution in [2.75, 3.05) is 13.1 Å². The lowest BCUT2D eigenvalue weighted by atomic mass is 10.3. The zero-order valence-corrected chi connectivity index (χ0v) is 12.9. The third kappa shape index (κ3) is 3.51. The van der Waals surface area contributed by atoms with E-state index < -0.39 is 0 Å². The second-order valence-corrected chi connectivity index (χ2v) is 5.40. The Morgan fingerprint density at radius 1 is 1.30 bits per heavy atom. The Kier molecular flexibility index (Phi) is 5.01.